The Morgan fingerprint density at radius 2 is 1.53 bits per heavy atom. The number of anilines is 1. The van der Waals surface area contributed by atoms with Crippen LogP contribution in [0.25, 0.3) is 0 Å². The number of piperazine rings is 1. The molecule has 0 unspecified atom stereocenters. The normalized spacial score (nSPS) is 14.8. The third kappa shape index (κ3) is 5.35. The van der Waals surface area contributed by atoms with Gasteiger partial charge in [0.1, 0.15) is 6.07 Å². The molecule has 0 saturated carbocycles. The monoisotopic (exact) mass is 444 g/mol. The molecular formula is C26H25ClN4O. The summed E-state index contributed by atoms with van der Waals surface area (Å²) < 4.78 is 0. The molecule has 1 saturated heterocycles. The molecule has 1 heterocycles. The molecule has 3 aromatic carbocycles. The number of nitrogens with one attached hydrogen (secondary N) is 1. The Morgan fingerprint density at radius 3 is 2.06 bits per heavy atom. The van der Waals surface area contributed by atoms with E-state index in [1.54, 1.807) is 18.2 Å². The summed E-state index contributed by atoms with van der Waals surface area (Å²) in [5.74, 6) is -0.0816. The van der Waals surface area contributed by atoms with E-state index in [0.29, 0.717) is 22.8 Å². The van der Waals surface area contributed by atoms with E-state index in [1.807, 2.05) is 18.2 Å². The highest BCUT2D eigenvalue weighted by Gasteiger charge is 2.27. The fraction of sp³-hybridized carbons (Fsp3) is 0.231. The molecule has 0 bridgehead atoms. The van der Waals surface area contributed by atoms with Gasteiger partial charge < -0.3 is 5.32 Å². The van der Waals surface area contributed by atoms with Gasteiger partial charge in [-0.25, -0.2) is 0 Å². The summed E-state index contributed by atoms with van der Waals surface area (Å²) in [6.45, 7) is 3.72. The first kappa shape index (κ1) is 22.0. The Hall–Kier alpha value is -3.17. The number of amides is 1. The second-order valence-corrected chi connectivity index (χ2v) is 8.30. The molecule has 0 atom stereocenters. The summed E-state index contributed by atoms with van der Waals surface area (Å²) in [6.07, 6.45) is 0. The zero-order chi connectivity index (χ0) is 22.3. The minimum atomic E-state index is -0.0816. The molecule has 1 fully saturated rings. The van der Waals surface area contributed by atoms with Crippen LogP contribution in [0.3, 0.4) is 0 Å². The Bertz CT molecular complexity index is 1050. The maximum atomic E-state index is 12.5. The highest BCUT2D eigenvalue weighted by molar-refractivity contribution is 6.32. The molecule has 3 aromatic rings. The smallest absolute Gasteiger partial charge is 0.238 e. The Labute approximate surface area is 193 Å². The van der Waals surface area contributed by atoms with Crippen molar-refractivity contribution < 1.29 is 4.79 Å². The third-order valence-corrected chi connectivity index (χ3v) is 6.06. The van der Waals surface area contributed by atoms with Gasteiger partial charge in [0, 0.05) is 31.9 Å². The van der Waals surface area contributed by atoms with Gasteiger partial charge in [-0.05, 0) is 29.3 Å². The quantitative estimate of drug-likeness (QED) is 0.605. The van der Waals surface area contributed by atoms with Crippen molar-refractivity contribution in [2.75, 3.05) is 38.0 Å². The lowest BCUT2D eigenvalue weighted by atomic mass is 9.96. The van der Waals surface area contributed by atoms with Gasteiger partial charge in [0.25, 0.3) is 0 Å². The molecule has 0 aliphatic carbocycles. The highest BCUT2D eigenvalue weighted by atomic mass is 35.5. The van der Waals surface area contributed by atoms with Crippen molar-refractivity contribution in [3.8, 4) is 6.07 Å². The van der Waals surface area contributed by atoms with Crippen molar-refractivity contribution in [1.29, 1.82) is 5.26 Å². The van der Waals surface area contributed by atoms with E-state index in [-0.39, 0.29) is 11.9 Å². The second-order valence-electron chi connectivity index (χ2n) is 7.89. The third-order valence-electron chi connectivity index (χ3n) is 5.74. The van der Waals surface area contributed by atoms with Gasteiger partial charge in [-0.1, -0.05) is 72.3 Å². The molecule has 0 aromatic heterocycles. The number of benzene rings is 3. The average Bonchev–Trinajstić information content (AvgIpc) is 2.82. The minimum absolute atomic E-state index is 0.0816. The van der Waals surface area contributed by atoms with Gasteiger partial charge >= 0.3 is 0 Å². The number of hydrogen-bond donors (Lipinski definition) is 1. The molecule has 6 heteroatoms. The molecular weight excluding hydrogens is 420 g/mol. The molecule has 1 aliphatic rings. The molecule has 0 radical (unpaired) electrons. The molecule has 1 amide bonds. The van der Waals surface area contributed by atoms with Gasteiger partial charge in [-0.3, -0.25) is 14.6 Å². The average molecular weight is 445 g/mol. The van der Waals surface area contributed by atoms with E-state index in [4.69, 9.17) is 16.9 Å². The van der Waals surface area contributed by atoms with E-state index in [2.05, 4.69) is 63.6 Å². The SMILES string of the molecule is N#Cc1ccc(NC(=O)CN2CCN(C(c3ccccc3)c3ccccc3)CC2)cc1Cl. The lowest BCUT2D eigenvalue weighted by Gasteiger charge is -2.39. The van der Waals surface area contributed by atoms with Crippen LogP contribution in [-0.2, 0) is 4.79 Å². The van der Waals surface area contributed by atoms with Gasteiger partial charge in [0.15, 0.2) is 0 Å². The summed E-state index contributed by atoms with van der Waals surface area (Å²) in [4.78, 5) is 17.2. The van der Waals surface area contributed by atoms with E-state index in [9.17, 15) is 4.79 Å². The molecule has 5 nitrogen and oxygen atoms in total. The van der Waals surface area contributed by atoms with Gasteiger partial charge in [-0.2, -0.15) is 5.26 Å². The van der Waals surface area contributed by atoms with E-state index >= 15 is 0 Å². The fourth-order valence-corrected chi connectivity index (χ4v) is 4.37. The van der Waals surface area contributed by atoms with Crippen molar-refractivity contribution in [1.82, 2.24) is 9.80 Å². The number of hydrogen-bond acceptors (Lipinski definition) is 4. The minimum Gasteiger partial charge on any atom is -0.325 e. The van der Waals surface area contributed by atoms with Crippen molar-refractivity contribution in [3.63, 3.8) is 0 Å². The molecule has 32 heavy (non-hydrogen) atoms. The Morgan fingerprint density at radius 1 is 0.938 bits per heavy atom. The molecule has 0 spiro atoms. The molecule has 162 valence electrons. The zero-order valence-electron chi connectivity index (χ0n) is 17.7. The number of carbonyl (C=O) groups excluding carboxylic acids is 1. The van der Waals surface area contributed by atoms with Gasteiger partial charge in [-0.15, -0.1) is 0 Å². The predicted octanol–water partition coefficient (Wildman–Crippen LogP) is 4.56. The standard InChI is InChI=1S/C26H25ClN4O/c27-24-17-23(12-11-22(24)18-28)29-25(32)19-30-13-15-31(16-14-30)26(20-7-3-1-4-8-20)21-9-5-2-6-10-21/h1-12,17,26H,13-16,19H2,(H,29,32). The van der Waals surface area contributed by atoms with E-state index < -0.39 is 0 Å². The number of carbonyl (C=O) groups is 1. The van der Waals surface area contributed by atoms with Crippen LogP contribution in [0, 0.1) is 11.3 Å². The van der Waals surface area contributed by atoms with Crippen LogP contribution < -0.4 is 5.32 Å². The predicted molar refractivity (Wildman–Crippen MR) is 128 cm³/mol. The Kier molecular flexibility index (Phi) is 7.18. The van der Waals surface area contributed by atoms with Crippen LogP contribution in [0.1, 0.15) is 22.7 Å². The number of rotatable bonds is 6. The molecule has 4 rings (SSSR count). The lowest BCUT2D eigenvalue weighted by molar-refractivity contribution is -0.117. The lowest BCUT2D eigenvalue weighted by Crippen LogP contribution is -2.49. The summed E-state index contributed by atoms with van der Waals surface area (Å²) in [5, 5.41) is 12.2. The molecule has 1 aliphatic heterocycles. The van der Waals surface area contributed by atoms with E-state index in [1.165, 1.54) is 11.1 Å². The summed E-state index contributed by atoms with van der Waals surface area (Å²) in [5.41, 5.74) is 3.56. The topological polar surface area (TPSA) is 59.4 Å². The van der Waals surface area contributed by atoms with Crippen molar-refractivity contribution >= 4 is 23.2 Å². The summed E-state index contributed by atoms with van der Waals surface area (Å²) in [7, 11) is 0. The fourth-order valence-electron chi connectivity index (χ4n) is 4.15. The highest BCUT2D eigenvalue weighted by Crippen LogP contribution is 2.29. The second kappa shape index (κ2) is 10.4. The van der Waals surface area contributed by atoms with Gasteiger partial charge in [0.2, 0.25) is 5.91 Å². The van der Waals surface area contributed by atoms with Crippen LogP contribution in [0.5, 0.6) is 0 Å². The first-order valence-electron chi connectivity index (χ1n) is 10.7. The maximum Gasteiger partial charge on any atom is 0.238 e. The van der Waals surface area contributed by atoms with Crippen molar-refractivity contribution in [2.45, 2.75) is 6.04 Å². The Balaban J connectivity index is 1.37. The van der Waals surface area contributed by atoms with E-state index in [0.717, 1.165) is 26.2 Å². The number of halogens is 1. The first-order valence-corrected chi connectivity index (χ1v) is 11.1. The summed E-state index contributed by atoms with van der Waals surface area (Å²) >= 11 is 6.06. The first-order chi connectivity index (χ1) is 15.6. The van der Waals surface area contributed by atoms with Crippen LogP contribution in [0.15, 0.2) is 78.9 Å². The van der Waals surface area contributed by atoms with Gasteiger partial charge in [0.05, 0.1) is 23.2 Å². The van der Waals surface area contributed by atoms with Crippen molar-refractivity contribution in [2.24, 2.45) is 0 Å². The van der Waals surface area contributed by atoms with Crippen molar-refractivity contribution in [3.05, 3.63) is 101 Å². The zero-order valence-corrected chi connectivity index (χ0v) is 18.5. The van der Waals surface area contributed by atoms with Crippen LogP contribution in [0.2, 0.25) is 5.02 Å². The largest absolute Gasteiger partial charge is 0.325 e. The molecule has 1 N–H and O–H groups in total. The van der Waals surface area contributed by atoms with Crippen LogP contribution >= 0.6 is 11.6 Å². The number of nitriles is 1. The van der Waals surface area contributed by atoms with Crippen LogP contribution in [-0.4, -0.2) is 48.4 Å². The maximum absolute atomic E-state index is 12.5. The van der Waals surface area contributed by atoms with Crippen LogP contribution in [0.4, 0.5) is 5.69 Å². The summed E-state index contributed by atoms with van der Waals surface area (Å²) in [6, 6.07) is 28.3. The number of nitrogens with zero attached hydrogens (tertiary/aromatic N) is 3.